The highest BCUT2D eigenvalue weighted by atomic mass is 16.6. The van der Waals surface area contributed by atoms with Gasteiger partial charge in [0.15, 0.2) is 0 Å². The number of rotatable bonds is 0. The van der Waals surface area contributed by atoms with Gasteiger partial charge in [-0.15, -0.1) is 0 Å². The third-order valence-electron chi connectivity index (χ3n) is 2.07. The molecule has 5 nitrogen and oxygen atoms in total. The molecule has 21 heavy (non-hydrogen) atoms. The maximum absolute atomic E-state index is 11.1. The number of β-lactam (4-membered cyclic amide) rings is 1. The molecule has 0 atom stereocenters. The minimum Gasteiger partial charge on any atom is -0.443 e. The Morgan fingerprint density at radius 3 is 1.62 bits per heavy atom. The normalized spacial score (nSPS) is 13.1. The van der Waals surface area contributed by atoms with Crippen LogP contribution in [0.25, 0.3) is 0 Å². The molecule has 1 aromatic carbocycles. The second-order valence-corrected chi connectivity index (χ2v) is 4.95. The summed E-state index contributed by atoms with van der Waals surface area (Å²) in [6.45, 7) is 8.92. The number of amides is 2. The van der Waals surface area contributed by atoms with E-state index >= 15 is 0 Å². The van der Waals surface area contributed by atoms with E-state index in [1.165, 1.54) is 0 Å². The molecule has 0 bridgehead atoms. The number of ether oxygens (including phenoxy) is 1. The third-order valence-corrected chi connectivity index (χ3v) is 2.07. The maximum atomic E-state index is 11.1. The van der Waals surface area contributed by atoms with Crippen LogP contribution in [0.4, 0.5) is 4.79 Å². The van der Waals surface area contributed by atoms with Crippen molar-refractivity contribution in [1.82, 2.24) is 4.90 Å². The molecule has 1 fully saturated rings. The van der Waals surface area contributed by atoms with E-state index in [4.69, 9.17) is 4.74 Å². The summed E-state index contributed by atoms with van der Waals surface area (Å²) in [5.41, 5.74) is -0.643. The molecule has 116 valence electrons. The molecule has 0 aromatic heterocycles. The summed E-state index contributed by atoms with van der Waals surface area (Å²) in [5.74, 6) is -1.33. The van der Waals surface area contributed by atoms with Gasteiger partial charge >= 0.3 is 12.0 Å². The number of hydrogen-bond acceptors (Lipinski definition) is 4. The Kier molecular flexibility index (Phi) is 7.97. The summed E-state index contributed by atoms with van der Waals surface area (Å²) in [6, 6.07) is 12.0. The lowest BCUT2D eigenvalue weighted by Crippen LogP contribution is -2.57. The zero-order valence-electron chi connectivity index (χ0n) is 13.3. The second kappa shape index (κ2) is 8.89. The zero-order valence-corrected chi connectivity index (χ0v) is 13.3. The van der Waals surface area contributed by atoms with Crippen LogP contribution in [0.1, 0.15) is 34.6 Å². The Morgan fingerprint density at radius 2 is 1.38 bits per heavy atom. The number of imide groups is 1. The molecule has 1 heterocycles. The average Bonchev–Trinajstić information content (AvgIpc) is 2.47. The van der Waals surface area contributed by atoms with Gasteiger partial charge < -0.3 is 4.74 Å². The molecule has 1 aliphatic rings. The van der Waals surface area contributed by atoms with Crippen molar-refractivity contribution in [2.24, 2.45) is 0 Å². The largest absolute Gasteiger partial charge is 0.443 e. The van der Waals surface area contributed by atoms with Crippen molar-refractivity contribution in [1.29, 1.82) is 0 Å². The predicted molar refractivity (Wildman–Crippen MR) is 80.7 cm³/mol. The fourth-order valence-electron chi connectivity index (χ4n) is 1.19. The van der Waals surface area contributed by atoms with Gasteiger partial charge in [0, 0.05) is 0 Å². The number of carbonyl (C=O) groups excluding carboxylic acids is 3. The number of likely N-dealkylation sites (tertiary alicyclic amines) is 1. The van der Waals surface area contributed by atoms with Crippen LogP contribution in [0.5, 0.6) is 0 Å². The minimum absolute atomic E-state index is 0.159. The van der Waals surface area contributed by atoms with Crippen molar-refractivity contribution in [2.75, 3.05) is 6.54 Å². The highest BCUT2D eigenvalue weighted by Crippen LogP contribution is 2.13. The van der Waals surface area contributed by atoms with Crippen LogP contribution in [-0.2, 0) is 14.3 Å². The Labute approximate surface area is 125 Å². The third kappa shape index (κ3) is 7.25. The Morgan fingerprint density at radius 1 is 1.00 bits per heavy atom. The number of Topliss-reactive ketones (excluding diaryl/α,β-unsaturated/α-hetero) is 1. The first kappa shape index (κ1) is 18.8. The monoisotopic (exact) mass is 293 g/mol. The summed E-state index contributed by atoms with van der Waals surface area (Å²) in [4.78, 5) is 33.2. The lowest BCUT2D eigenvalue weighted by atomic mass is 10.2. The molecular weight excluding hydrogens is 270 g/mol. The smallest absolute Gasteiger partial charge is 0.417 e. The SMILES string of the molecule is CC.CC(C)(C)OC(=O)N1CC(=O)C1=O.c1ccccc1. The van der Waals surface area contributed by atoms with E-state index in [0.29, 0.717) is 0 Å². The number of nitrogens with zero attached hydrogens (tertiary/aromatic N) is 1. The maximum Gasteiger partial charge on any atom is 0.417 e. The Bertz CT molecular complexity index is 436. The number of ketones is 1. The average molecular weight is 293 g/mol. The van der Waals surface area contributed by atoms with Gasteiger partial charge in [-0.25, -0.2) is 9.69 Å². The van der Waals surface area contributed by atoms with Gasteiger partial charge in [-0.1, -0.05) is 50.2 Å². The summed E-state index contributed by atoms with van der Waals surface area (Å²) in [7, 11) is 0. The van der Waals surface area contributed by atoms with E-state index in [9.17, 15) is 14.4 Å². The molecule has 2 rings (SSSR count). The first-order valence-corrected chi connectivity index (χ1v) is 6.89. The summed E-state index contributed by atoms with van der Waals surface area (Å²) < 4.78 is 4.87. The van der Waals surface area contributed by atoms with E-state index in [1.54, 1.807) is 20.8 Å². The molecule has 1 aromatic rings. The summed E-state index contributed by atoms with van der Waals surface area (Å²) in [6.07, 6.45) is -0.753. The topological polar surface area (TPSA) is 63.7 Å². The van der Waals surface area contributed by atoms with Crippen LogP contribution in [0.2, 0.25) is 0 Å². The lowest BCUT2D eigenvalue weighted by Gasteiger charge is -2.29. The fraction of sp³-hybridized carbons (Fsp3) is 0.438. The van der Waals surface area contributed by atoms with Crippen molar-refractivity contribution in [3.8, 4) is 0 Å². The Hall–Kier alpha value is -2.17. The van der Waals surface area contributed by atoms with E-state index in [2.05, 4.69) is 0 Å². The van der Waals surface area contributed by atoms with Crippen molar-refractivity contribution >= 4 is 17.8 Å². The highest BCUT2D eigenvalue weighted by molar-refractivity contribution is 6.45. The summed E-state index contributed by atoms with van der Waals surface area (Å²) >= 11 is 0. The van der Waals surface area contributed by atoms with Gasteiger partial charge in [-0.2, -0.15) is 0 Å². The van der Waals surface area contributed by atoms with Crippen LogP contribution in [-0.4, -0.2) is 34.8 Å². The number of hydrogen-bond donors (Lipinski definition) is 0. The quantitative estimate of drug-likeness (QED) is 0.545. The molecule has 0 saturated carbocycles. The molecule has 0 spiro atoms. The fourth-order valence-corrected chi connectivity index (χ4v) is 1.19. The van der Waals surface area contributed by atoms with Crippen LogP contribution < -0.4 is 0 Å². The molecule has 1 aliphatic heterocycles. The Balaban J connectivity index is 0.000000416. The van der Waals surface area contributed by atoms with E-state index in [0.717, 1.165) is 4.90 Å². The molecule has 0 radical (unpaired) electrons. The standard InChI is InChI=1S/C8H11NO4.C6H6.C2H6/c1-8(2,3)13-7(12)9-4-5(10)6(9)11;1-2-4-6-5-3-1;1-2/h4H2,1-3H3;1-6H;1-2H3. The predicted octanol–water partition coefficient (Wildman–Crippen LogP) is 3.05. The molecule has 0 aliphatic carbocycles. The van der Waals surface area contributed by atoms with Crippen LogP contribution in [0.15, 0.2) is 36.4 Å². The van der Waals surface area contributed by atoms with Gasteiger partial charge in [-0.3, -0.25) is 9.59 Å². The first-order chi connectivity index (χ1) is 9.81. The minimum atomic E-state index is -0.783. The van der Waals surface area contributed by atoms with E-state index in [-0.39, 0.29) is 6.54 Å². The van der Waals surface area contributed by atoms with Crippen molar-refractivity contribution in [3.63, 3.8) is 0 Å². The van der Waals surface area contributed by atoms with E-state index in [1.807, 2.05) is 50.2 Å². The van der Waals surface area contributed by atoms with Gasteiger partial charge in [-0.05, 0) is 20.8 Å². The lowest BCUT2D eigenvalue weighted by molar-refractivity contribution is -0.153. The van der Waals surface area contributed by atoms with Crippen molar-refractivity contribution in [2.45, 2.75) is 40.2 Å². The molecule has 0 unspecified atom stereocenters. The molecule has 1 saturated heterocycles. The van der Waals surface area contributed by atoms with Crippen LogP contribution in [0.3, 0.4) is 0 Å². The number of benzene rings is 1. The molecule has 0 N–H and O–H groups in total. The van der Waals surface area contributed by atoms with Gasteiger partial charge in [0.1, 0.15) is 12.1 Å². The molecular formula is C16H23NO4. The van der Waals surface area contributed by atoms with Crippen molar-refractivity contribution < 1.29 is 19.1 Å². The van der Waals surface area contributed by atoms with Crippen molar-refractivity contribution in [3.05, 3.63) is 36.4 Å². The zero-order chi connectivity index (χ0) is 16.5. The second-order valence-electron chi connectivity index (χ2n) is 4.95. The van der Waals surface area contributed by atoms with Crippen LogP contribution >= 0.6 is 0 Å². The first-order valence-electron chi connectivity index (χ1n) is 6.89. The molecule has 2 amide bonds. The summed E-state index contributed by atoms with van der Waals surface area (Å²) in [5, 5.41) is 0. The van der Waals surface area contributed by atoms with Gasteiger partial charge in [0.05, 0.1) is 0 Å². The number of carbonyl (C=O) groups is 3. The molecule has 5 heteroatoms. The van der Waals surface area contributed by atoms with Gasteiger partial charge in [0.2, 0.25) is 5.78 Å². The van der Waals surface area contributed by atoms with E-state index < -0.39 is 23.4 Å². The highest BCUT2D eigenvalue weighted by Gasteiger charge is 2.41. The van der Waals surface area contributed by atoms with Gasteiger partial charge in [0.25, 0.3) is 0 Å². The van der Waals surface area contributed by atoms with Crippen LogP contribution in [0, 0.1) is 0 Å².